The molecule has 4 rings (SSSR count). The van der Waals surface area contributed by atoms with E-state index in [1.165, 1.54) is 23.1 Å². The Hall–Kier alpha value is -3.03. The fourth-order valence-electron chi connectivity index (χ4n) is 5.83. The lowest BCUT2D eigenvalue weighted by Gasteiger charge is -2.57. The van der Waals surface area contributed by atoms with Crippen LogP contribution in [0.2, 0.25) is 0 Å². The van der Waals surface area contributed by atoms with Crippen molar-refractivity contribution in [1.82, 2.24) is 9.96 Å². The van der Waals surface area contributed by atoms with Gasteiger partial charge in [0.05, 0.1) is 16.7 Å². The minimum Gasteiger partial charge on any atom is -0.478 e. The summed E-state index contributed by atoms with van der Waals surface area (Å²) in [6.07, 6.45) is 2.56. The highest BCUT2D eigenvalue weighted by Gasteiger charge is 2.54. The predicted octanol–water partition coefficient (Wildman–Crippen LogP) is 5.48. The molecule has 0 bridgehead atoms. The van der Waals surface area contributed by atoms with E-state index in [-0.39, 0.29) is 40.3 Å². The van der Waals surface area contributed by atoms with Gasteiger partial charge < -0.3 is 5.11 Å². The fraction of sp³-hybridized carbons (Fsp3) is 0.464. The van der Waals surface area contributed by atoms with Crippen LogP contribution >= 0.6 is 0 Å². The zero-order valence-electron chi connectivity index (χ0n) is 21.1. The number of carboxylic acids is 1. The first-order chi connectivity index (χ1) is 16.5. The molecule has 2 heterocycles. The first kappa shape index (κ1) is 25.1. The molecule has 0 radical (unpaired) electrons. The number of aromatic carboxylic acids is 1. The molecule has 2 aromatic rings. The number of rotatable bonds is 7. The monoisotopic (exact) mass is 478 g/mol. The minimum absolute atomic E-state index is 0.00154. The zero-order chi connectivity index (χ0) is 25.5. The number of carbonyl (C=O) groups excluding carboxylic acids is 2. The van der Waals surface area contributed by atoms with E-state index in [0.29, 0.717) is 12.8 Å². The molecule has 1 fully saturated rings. The molecule has 1 N–H and O–H groups in total. The van der Waals surface area contributed by atoms with Crippen molar-refractivity contribution in [3.63, 3.8) is 0 Å². The van der Waals surface area contributed by atoms with E-state index in [9.17, 15) is 19.5 Å². The van der Waals surface area contributed by atoms with E-state index in [4.69, 9.17) is 4.84 Å². The number of amides is 2. The summed E-state index contributed by atoms with van der Waals surface area (Å²) in [5.74, 6) is -1.89. The van der Waals surface area contributed by atoms with E-state index in [0.717, 1.165) is 18.4 Å². The molecule has 186 valence electrons. The molecule has 2 atom stereocenters. The Morgan fingerprint density at radius 2 is 1.66 bits per heavy atom. The summed E-state index contributed by atoms with van der Waals surface area (Å²) in [4.78, 5) is 46.1. The largest absolute Gasteiger partial charge is 0.478 e. The molecule has 2 amide bonds. The molecule has 2 aromatic carbocycles. The zero-order valence-corrected chi connectivity index (χ0v) is 21.1. The molecule has 2 unspecified atom stereocenters. The molecule has 7 nitrogen and oxygen atoms in total. The topological polar surface area (TPSA) is 87.2 Å². The van der Waals surface area contributed by atoms with Crippen LogP contribution in [-0.4, -0.2) is 50.0 Å². The lowest BCUT2D eigenvalue weighted by atomic mass is 9.73. The normalized spacial score (nSPS) is 22.2. The van der Waals surface area contributed by atoms with Crippen LogP contribution in [-0.2, 0) is 4.84 Å². The minimum atomic E-state index is -1.12. The third-order valence-corrected chi connectivity index (χ3v) is 7.71. The summed E-state index contributed by atoms with van der Waals surface area (Å²) in [6, 6.07) is 13.9. The van der Waals surface area contributed by atoms with Gasteiger partial charge in [-0.25, -0.2) is 4.79 Å². The summed E-state index contributed by atoms with van der Waals surface area (Å²) in [5.41, 5.74) is 0.689. The standard InChI is InChI=1S/C28H34N2O5/c1-6-28(7-2)17-21(16-27(4,5)30(28)35-18(3)19-11-9-8-10-12-19)29-24(31)22-14-13-20(26(33)34)15-23(22)25(29)32/h8-15,18,21H,6-7,16-17H2,1-5H3,(H,33,34). The van der Waals surface area contributed by atoms with Crippen molar-refractivity contribution in [3.05, 3.63) is 70.8 Å². The van der Waals surface area contributed by atoms with Crippen LogP contribution in [0, 0.1) is 0 Å². The Kier molecular flexibility index (Phi) is 6.60. The first-order valence-electron chi connectivity index (χ1n) is 12.3. The van der Waals surface area contributed by atoms with E-state index in [1.54, 1.807) is 0 Å². The number of imide groups is 1. The number of benzene rings is 2. The molecule has 2 aliphatic heterocycles. The van der Waals surface area contributed by atoms with Crippen LogP contribution < -0.4 is 0 Å². The molecule has 2 aliphatic rings. The third kappa shape index (κ3) is 4.28. The number of carbonyl (C=O) groups is 3. The second-order valence-electron chi connectivity index (χ2n) is 10.3. The highest BCUT2D eigenvalue weighted by atomic mass is 16.7. The van der Waals surface area contributed by atoms with Crippen LogP contribution in [0.4, 0.5) is 0 Å². The van der Waals surface area contributed by atoms with Crippen LogP contribution in [0.5, 0.6) is 0 Å². The van der Waals surface area contributed by atoms with Gasteiger partial charge in [0.15, 0.2) is 0 Å². The maximum absolute atomic E-state index is 13.4. The summed E-state index contributed by atoms with van der Waals surface area (Å²) in [7, 11) is 0. The number of carboxylic acid groups (broad SMARTS) is 1. The van der Waals surface area contributed by atoms with E-state index >= 15 is 0 Å². The van der Waals surface area contributed by atoms with Crippen molar-refractivity contribution in [2.45, 2.75) is 83.5 Å². The predicted molar refractivity (Wildman–Crippen MR) is 132 cm³/mol. The molecule has 7 heteroatoms. The van der Waals surface area contributed by atoms with Crippen molar-refractivity contribution >= 4 is 17.8 Å². The number of piperidine rings is 1. The summed E-state index contributed by atoms with van der Waals surface area (Å²) in [6.45, 7) is 10.5. The lowest BCUT2D eigenvalue weighted by molar-refractivity contribution is -0.318. The Morgan fingerprint density at radius 3 is 2.26 bits per heavy atom. The average Bonchev–Trinajstić information content (AvgIpc) is 3.09. The molecule has 0 aromatic heterocycles. The molecule has 35 heavy (non-hydrogen) atoms. The summed E-state index contributed by atoms with van der Waals surface area (Å²) >= 11 is 0. The molecular weight excluding hydrogens is 444 g/mol. The van der Waals surface area contributed by atoms with Crippen LogP contribution in [0.3, 0.4) is 0 Å². The second kappa shape index (κ2) is 9.21. The fourth-order valence-corrected chi connectivity index (χ4v) is 5.83. The highest BCUT2D eigenvalue weighted by molar-refractivity contribution is 6.22. The number of hydrogen-bond donors (Lipinski definition) is 1. The Morgan fingerprint density at radius 1 is 1.03 bits per heavy atom. The van der Waals surface area contributed by atoms with Gasteiger partial charge in [-0.15, -0.1) is 0 Å². The maximum atomic E-state index is 13.4. The molecule has 0 saturated carbocycles. The second-order valence-corrected chi connectivity index (χ2v) is 10.3. The van der Waals surface area contributed by atoms with E-state index < -0.39 is 17.4 Å². The third-order valence-electron chi connectivity index (χ3n) is 7.71. The molecular formula is C28H34N2O5. The SMILES string of the molecule is CCC1(CC)CC(N2C(=O)c3ccc(C(=O)O)cc3C2=O)CC(C)(C)N1OC(C)c1ccccc1. The highest BCUT2D eigenvalue weighted by Crippen LogP contribution is 2.47. The van der Waals surface area contributed by atoms with Gasteiger partial charge in [0, 0.05) is 17.1 Å². The van der Waals surface area contributed by atoms with Crippen molar-refractivity contribution in [2.75, 3.05) is 0 Å². The number of hydroxylamine groups is 2. The lowest BCUT2D eigenvalue weighted by Crippen LogP contribution is -2.66. The first-order valence-corrected chi connectivity index (χ1v) is 12.3. The van der Waals surface area contributed by atoms with Crippen LogP contribution in [0.25, 0.3) is 0 Å². The summed E-state index contributed by atoms with van der Waals surface area (Å²) < 4.78 is 0. The van der Waals surface area contributed by atoms with Gasteiger partial charge in [-0.2, -0.15) is 5.06 Å². The van der Waals surface area contributed by atoms with Crippen LogP contribution in [0.15, 0.2) is 48.5 Å². The average molecular weight is 479 g/mol. The number of nitrogens with zero attached hydrogens (tertiary/aromatic N) is 2. The quantitative estimate of drug-likeness (QED) is 0.531. The van der Waals surface area contributed by atoms with Crippen LogP contribution in [0.1, 0.15) is 103 Å². The Labute approximate surface area is 206 Å². The Bertz CT molecular complexity index is 1140. The number of fused-ring (bicyclic) bond motifs is 1. The van der Waals surface area contributed by atoms with Crippen molar-refractivity contribution in [1.29, 1.82) is 0 Å². The van der Waals surface area contributed by atoms with Gasteiger partial charge >= 0.3 is 5.97 Å². The van der Waals surface area contributed by atoms with Gasteiger partial charge in [0.2, 0.25) is 0 Å². The molecule has 0 spiro atoms. The molecule has 1 saturated heterocycles. The van der Waals surface area contributed by atoms with Gasteiger partial charge in [-0.3, -0.25) is 19.3 Å². The Balaban J connectivity index is 1.65. The van der Waals surface area contributed by atoms with E-state index in [2.05, 4.69) is 32.8 Å². The smallest absolute Gasteiger partial charge is 0.335 e. The van der Waals surface area contributed by atoms with Gasteiger partial charge in [0.25, 0.3) is 11.8 Å². The van der Waals surface area contributed by atoms with Gasteiger partial charge in [-0.1, -0.05) is 44.2 Å². The van der Waals surface area contributed by atoms with Gasteiger partial charge in [-0.05, 0) is 70.2 Å². The van der Waals surface area contributed by atoms with E-state index in [1.807, 2.05) is 37.3 Å². The van der Waals surface area contributed by atoms with Crippen molar-refractivity contribution in [2.24, 2.45) is 0 Å². The summed E-state index contributed by atoms with van der Waals surface area (Å²) in [5, 5.41) is 11.5. The maximum Gasteiger partial charge on any atom is 0.335 e. The van der Waals surface area contributed by atoms with Crippen molar-refractivity contribution < 1.29 is 24.3 Å². The molecule has 0 aliphatic carbocycles. The number of hydrogen-bond acceptors (Lipinski definition) is 5. The van der Waals surface area contributed by atoms with Crippen molar-refractivity contribution in [3.8, 4) is 0 Å². The van der Waals surface area contributed by atoms with Gasteiger partial charge in [0.1, 0.15) is 6.10 Å².